The predicted molar refractivity (Wildman–Crippen MR) is 140 cm³/mol. The van der Waals surface area contributed by atoms with E-state index in [1.54, 1.807) is 54.5 Å². The molecule has 6 rings (SSSR count). The highest BCUT2D eigenvalue weighted by atomic mass is 19.1. The Kier molecular flexibility index (Phi) is 6.18. The number of nitrogens with one attached hydrogen (secondary N) is 2. The topological polar surface area (TPSA) is 108 Å². The Labute approximate surface area is 217 Å². The molecule has 0 unspecified atom stereocenters. The van der Waals surface area contributed by atoms with Crippen LogP contribution in [0.25, 0.3) is 22.2 Å². The second-order valence-electron chi connectivity index (χ2n) is 8.79. The fourth-order valence-corrected chi connectivity index (χ4v) is 4.05. The molecule has 1 aliphatic rings. The number of nitrogens with zero attached hydrogens (tertiary/aromatic N) is 5. The molecule has 0 amide bonds. The van der Waals surface area contributed by atoms with E-state index in [4.69, 9.17) is 14.2 Å². The number of ether oxygens (including phenoxy) is 3. The molecule has 1 fully saturated rings. The van der Waals surface area contributed by atoms with E-state index in [0.717, 1.165) is 18.7 Å². The lowest BCUT2D eigenvalue weighted by Crippen LogP contribution is -2.50. The summed E-state index contributed by atoms with van der Waals surface area (Å²) in [6, 6.07) is 11.7. The largest absolute Gasteiger partial charge is 0.493 e. The summed E-state index contributed by atoms with van der Waals surface area (Å²) in [5, 5.41) is 11.1. The van der Waals surface area contributed by atoms with Gasteiger partial charge < -0.3 is 24.8 Å². The number of benzene rings is 2. The van der Waals surface area contributed by atoms with Crippen molar-refractivity contribution in [3.63, 3.8) is 0 Å². The molecule has 0 spiro atoms. The summed E-state index contributed by atoms with van der Waals surface area (Å²) < 4.78 is 34.3. The number of aromatic nitrogens is 5. The van der Waals surface area contributed by atoms with Crippen LogP contribution in [0.1, 0.15) is 0 Å². The monoisotopic (exact) mass is 513 g/mol. The number of fused-ring (bicyclic) bond motifs is 1. The van der Waals surface area contributed by atoms with E-state index in [-0.39, 0.29) is 11.8 Å². The number of methoxy groups -OCH3 is 1. The summed E-state index contributed by atoms with van der Waals surface area (Å²) in [6.45, 7) is 1.53. The highest BCUT2D eigenvalue weighted by molar-refractivity contribution is 5.93. The molecule has 0 saturated carbocycles. The van der Waals surface area contributed by atoms with Gasteiger partial charge in [-0.05, 0) is 24.3 Å². The van der Waals surface area contributed by atoms with Crippen molar-refractivity contribution in [1.29, 1.82) is 0 Å². The Balaban J connectivity index is 1.24. The average Bonchev–Trinajstić information content (AvgIpc) is 3.34. The Bertz CT molecular complexity index is 1620. The van der Waals surface area contributed by atoms with Gasteiger partial charge in [-0.2, -0.15) is 5.10 Å². The van der Waals surface area contributed by atoms with Gasteiger partial charge in [-0.25, -0.2) is 14.4 Å². The fourth-order valence-electron chi connectivity index (χ4n) is 4.05. The van der Waals surface area contributed by atoms with E-state index in [1.165, 1.54) is 12.4 Å². The Morgan fingerprint density at radius 2 is 1.89 bits per heavy atom. The average molecular weight is 514 g/mol. The van der Waals surface area contributed by atoms with Crippen LogP contribution in [0.2, 0.25) is 0 Å². The SMILES string of the molecule is COc1cc2ncnc(Nc3ccc(Oc4ccnc(-c5cnn(C)c5)c4)cc3F)c2cc1OC1CNC1. The van der Waals surface area contributed by atoms with Gasteiger partial charge in [0.1, 0.15) is 35.6 Å². The van der Waals surface area contributed by atoms with Crippen LogP contribution >= 0.6 is 0 Å². The highest BCUT2D eigenvalue weighted by Gasteiger charge is 2.21. The summed E-state index contributed by atoms with van der Waals surface area (Å²) in [6.07, 6.45) is 6.70. The minimum absolute atomic E-state index is 0.0632. The normalized spacial score (nSPS) is 13.2. The van der Waals surface area contributed by atoms with E-state index in [9.17, 15) is 0 Å². The molecule has 0 atom stereocenters. The van der Waals surface area contributed by atoms with Gasteiger partial charge in [-0.3, -0.25) is 9.67 Å². The van der Waals surface area contributed by atoms with Crippen molar-refractivity contribution in [3.8, 4) is 34.3 Å². The van der Waals surface area contributed by atoms with Crippen LogP contribution in [-0.2, 0) is 7.05 Å². The van der Waals surface area contributed by atoms with Gasteiger partial charge in [0.2, 0.25) is 0 Å². The molecule has 4 heterocycles. The minimum atomic E-state index is -0.499. The third-order valence-electron chi connectivity index (χ3n) is 6.12. The third kappa shape index (κ3) is 4.78. The van der Waals surface area contributed by atoms with Crippen molar-refractivity contribution in [2.75, 3.05) is 25.5 Å². The smallest absolute Gasteiger partial charge is 0.162 e. The highest BCUT2D eigenvalue weighted by Crippen LogP contribution is 2.36. The molecule has 2 N–H and O–H groups in total. The first-order valence-corrected chi connectivity index (χ1v) is 12.0. The number of pyridine rings is 1. The van der Waals surface area contributed by atoms with E-state index in [1.807, 2.05) is 19.3 Å². The maximum Gasteiger partial charge on any atom is 0.162 e. The van der Waals surface area contributed by atoms with Crippen LogP contribution in [0.4, 0.5) is 15.9 Å². The lowest BCUT2D eigenvalue weighted by atomic mass is 10.2. The first-order valence-electron chi connectivity index (χ1n) is 12.0. The van der Waals surface area contributed by atoms with Crippen molar-refractivity contribution in [2.24, 2.45) is 7.05 Å². The number of hydrogen-bond acceptors (Lipinski definition) is 9. The van der Waals surface area contributed by atoms with Gasteiger partial charge >= 0.3 is 0 Å². The minimum Gasteiger partial charge on any atom is -0.493 e. The van der Waals surface area contributed by atoms with Crippen LogP contribution in [-0.4, -0.2) is 51.0 Å². The van der Waals surface area contributed by atoms with Crippen LogP contribution < -0.4 is 24.8 Å². The van der Waals surface area contributed by atoms with Crippen LogP contribution in [0.15, 0.2) is 67.4 Å². The van der Waals surface area contributed by atoms with Gasteiger partial charge in [0.25, 0.3) is 0 Å². The Morgan fingerprint density at radius 3 is 2.63 bits per heavy atom. The van der Waals surface area contributed by atoms with E-state index >= 15 is 4.39 Å². The van der Waals surface area contributed by atoms with Crippen molar-refractivity contribution in [1.82, 2.24) is 30.0 Å². The van der Waals surface area contributed by atoms with Gasteiger partial charge in [0.15, 0.2) is 11.5 Å². The Hall–Kier alpha value is -4.77. The lowest BCUT2D eigenvalue weighted by Gasteiger charge is -2.28. The molecule has 0 radical (unpaired) electrons. The molecule has 1 saturated heterocycles. The number of aryl methyl sites for hydroxylation is 1. The molecule has 0 aliphatic carbocycles. The van der Waals surface area contributed by atoms with Gasteiger partial charge in [0, 0.05) is 61.7 Å². The zero-order chi connectivity index (χ0) is 26.1. The van der Waals surface area contributed by atoms with Crippen molar-refractivity contribution < 1.29 is 18.6 Å². The maximum atomic E-state index is 15.1. The molecule has 10 nitrogen and oxygen atoms in total. The lowest BCUT2D eigenvalue weighted by molar-refractivity contribution is 0.137. The van der Waals surface area contributed by atoms with Crippen LogP contribution in [0, 0.1) is 5.82 Å². The fraction of sp³-hybridized carbons (Fsp3) is 0.185. The summed E-state index contributed by atoms with van der Waals surface area (Å²) >= 11 is 0. The van der Waals surface area contributed by atoms with Gasteiger partial charge in [0.05, 0.1) is 30.2 Å². The molecule has 192 valence electrons. The van der Waals surface area contributed by atoms with Crippen LogP contribution in [0.5, 0.6) is 23.0 Å². The van der Waals surface area contributed by atoms with Crippen molar-refractivity contribution in [3.05, 3.63) is 73.2 Å². The number of rotatable bonds is 8. The van der Waals surface area contributed by atoms with Gasteiger partial charge in [-0.15, -0.1) is 0 Å². The third-order valence-corrected chi connectivity index (χ3v) is 6.12. The maximum absolute atomic E-state index is 15.1. The van der Waals surface area contributed by atoms with E-state index in [2.05, 4.69) is 30.7 Å². The zero-order valence-corrected chi connectivity index (χ0v) is 20.7. The molecule has 3 aromatic heterocycles. The molecule has 11 heteroatoms. The van der Waals surface area contributed by atoms with Crippen molar-refractivity contribution >= 4 is 22.4 Å². The molecular formula is C27H24FN7O3. The van der Waals surface area contributed by atoms with Crippen molar-refractivity contribution in [2.45, 2.75) is 6.10 Å². The molecular weight excluding hydrogens is 489 g/mol. The molecule has 1 aliphatic heterocycles. The second kappa shape index (κ2) is 9.94. The first kappa shape index (κ1) is 23.6. The summed E-state index contributed by atoms with van der Waals surface area (Å²) in [4.78, 5) is 13.0. The van der Waals surface area contributed by atoms with Crippen LogP contribution in [0.3, 0.4) is 0 Å². The number of halogens is 1. The standard InChI is InChI=1S/C27H24FN7O3/c1-35-14-16(11-33-35)23-8-18(5-6-30-23)37-17-3-4-22(21(28)7-17)34-27-20-9-26(38-19-12-29-13-19)25(36-2)10-24(20)31-15-32-27/h3-11,14-15,19,29H,12-13H2,1-2H3,(H,31,32,34). The molecule has 5 aromatic rings. The van der Waals surface area contributed by atoms with E-state index < -0.39 is 5.82 Å². The summed E-state index contributed by atoms with van der Waals surface area (Å²) in [7, 11) is 3.42. The Morgan fingerprint density at radius 1 is 1.03 bits per heavy atom. The van der Waals surface area contributed by atoms with E-state index in [0.29, 0.717) is 45.4 Å². The molecule has 0 bridgehead atoms. The molecule has 38 heavy (non-hydrogen) atoms. The quantitative estimate of drug-likeness (QED) is 0.311. The van der Waals surface area contributed by atoms with Gasteiger partial charge in [-0.1, -0.05) is 0 Å². The predicted octanol–water partition coefficient (Wildman–Crippen LogP) is 4.46. The summed E-state index contributed by atoms with van der Waals surface area (Å²) in [5.41, 5.74) is 2.44. The molecule has 2 aromatic carbocycles. The summed E-state index contributed by atoms with van der Waals surface area (Å²) in [5.74, 6) is 1.97. The number of hydrogen-bond donors (Lipinski definition) is 2. The zero-order valence-electron chi connectivity index (χ0n) is 20.7. The second-order valence-corrected chi connectivity index (χ2v) is 8.79. The first-order chi connectivity index (χ1) is 18.6. The number of anilines is 2.